The van der Waals surface area contributed by atoms with Crippen LogP contribution in [0.25, 0.3) is 0 Å². The summed E-state index contributed by atoms with van der Waals surface area (Å²) in [7, 11) is 0. The van der Waals surface area contributed by atoms with Gasteiger partial charge in [0.2, 0.25) is 11.8 Å². The Kier molecular flexibility index (Phi) is 10.4. The predicted molar refractivity (Wildman–Crippen MR) is 150 cm³/mol. The molecule has 1 fully saturated rings. The minimum Gasteiger partial charge on any atom is -0.372 e. The van der Waals surface area contributed by atoms with Gasteiger partial charge in [-0.2, -0.15) is 0 Å². The number of rotatable bonds is 11. The lowest BCUT2D eigenvalue weighted by atomic mass is 9.97. The third kappa shape index (κ3) is 7.53. The van der Waals surface area contributed by atoms with Crippen LogP contribution in [-0.4, -0.2) is 59.7 Å². The standard InChI is InChI=1S/C31H41N3O5/c1-7-24(17-35)32-29(36)26-15-25(39-18-23-11-9-8-10-12-23)16-34(26)31(38)28(19(2)3)33-30(37)27-21(5)13-20(4)14-22(27)6/h8-14,17,19,24-26,28H,7,15-16,18H2,1-6H3,(H,32,36)(H,33,37)/t24-,25+,26-,28-/m0/s1. The number of benzene rings is 2. The van der Waals surface area contributed by atoms with Gasteiger partial charge in [-0.15, -0.1) is 0 Å². The van der Waals surface area contributed by atoms with E-state index in [-0.39, 0.29) is 30.4 Å². The zero-order chi connectivity index (χ0) is 28.7. The van der Waals surface area contributed by atoms with Crippen LogP contribution in [0.15, 0.2) is 42.5 Å². The summed E-state index contributed by atoms with van der Waals surface area (Å²) in [6.07, 6.45) is 1.08. The summed E-state index contributed by atoms with van der Waals surface area (Å²) in [6.45, 7) is 11.8. The zero-order valence-electron chi connectivity index (χ0n) is 23.8. The number of carbonyl (C=O) groups is 4. The summed E-state index contributed by atoms with van der Waals surface area (Å²) in [5.41, 5.74) is 4.28. The molecule has 0 unspecified atom stereocenters. The Labute approximate surface area is 231 Å². The molecule has 3 rings (SSSR count). The molecular formula is C31H41N3O5. The molecule has 4 atom stereocenters. The Balaban J connectivity index is 1.83. The van der Waals surface area contributed by atoms with Crippen LogP contribution in [0.5, 0.6) is 0 Å². The maximum Gasteiger partial charge on any atom is 0.252 e. The smallest absolute Gasteiger partial charge is 0.252 e. The molecule has 1 saturated heterocycles. The molecule has 0 aromatic heterocycles. The van der Waals surface area contributed by atoms with Crippen LogP contribution in [0.2, 0.25) is 0 Å². The molecule has 2 aromatic rings. The van der Waals surface area contributed by atoms with Gasteiger partial charge >= 0.3 is 0 Å². The quantitative estimate of drug-likeness (QED) is 0.428. The molecule has 8 heteroatoms. The van der Waals surface area contributed by atoms with E-state index in [1.807, 2.05) is 84.0 Å². The highest BCUT2D eigenvalue weighted by Gasteiger charge is 2.43. The van der Waals surface area contributed by atoms with Gasteiger partial charge in [-0.05, 0) is 49.8 Å². The molecule has 0 saturated carbocycles. The molecular weight excluding hydrogens is 494 g/mol. The average Bonchev–Trinajstić information content (AvgIpc) is 3.33. The lowest BCUT2D eigenvalue weighted by Gasteiger charge is -2.31. The first-order valence-electron chi connectivity index (χ1n) is 13.7. The predicted octanol–water partition coefficient (Wildman–Crippen LogP) is 3.65. The van der Waals surface area contributed by atoms with Crippen LogP contribution >= 0.6 is 0 Å². The fraction of sp³-hybridized carbons (Fsp3) is 0.484. The fourth-order valence-electron chi connectivity index (χ4n) is 5.15. The normalized spacial score (nSPS) is 18.5. The SMILES string of the molecule is CC[C@@H](C=O)NC(=O)[C@@H]1C[C@@H](OCc2ccccc2)CN1C(=O)[C@@H](NC(=O)c1c(C)cc(C)cc1C)C(C)C. The molecule has 39 heavy (non-hydrogen) atoms. The van der Waals surface area contributed by atoms with Gasteiger partial charge in [0.1, 0.15) is 18.4 Å². The first kappa shape index (κ1) is 30.0. The van der Waals surface area contributed by atoms with Crippen molar-refractivity contribution in [3.63, 3.8) is 0 Å². The van der Waals surface area contributed by atoms with Gasteiger partial charge in [-0.25, -0.2) is 0 Å². The number of nitrogens with zero attached hydrogens (tertiary/aromatic N) is 1. The second-order valence-corrected chi connectivity index (χ2v) is 10.8. The van der Waals surface area contributed by atoms with Gasteiger partial charge in [0.05, 0.1) is 18.8 Å². The highest BCUT2D eigenvalue weighted by molar-refractivity contribution is 6.00. The topological polar surface area (TPSA) is 105 Å². The lowest BCUT2D eigenvalue weighted by Crippen LogP contribution is -2.56. The van der Waals surface area contributed by atoms with Crippen molar-refractivity contribution >= 4 is 24.0 Å². The molecule has 0 bridgehead atoms. The van der Waals surface area contributed by atoms with Gasteiger partial charge < -0.3 is 25.1 Å². The zero-order valence-corrected chi connectivity index (χ0v) is 23.8. The number of nitrogens with one attached hydrogen (secondary N) is 2. The van der Waals surface area contributed by atoms with E-state index in [1.165, 1.54) is 4.90 Å². The minimum atomic E-state index is -0.839. The Morgan fingerprint density at radius 3 is 2.26 bits per heavy atom. The van der Waals surface area contributed by atoms with Crippen LogP contribution in [0, 0.1) is 26.7 Å². The average molecular weight is 536 g/mol. The molecule has 0 radical (unpaired) electrons. The summed E-state index contributed by atoms with van der Waals surface area (Å²) in [6, 6.07) is 11.3. The molecule has 0 spiro atoms. The summed E-state index contributed by atoms with van der Waals surface area (Å²) in [5.74, 6) is -1.28. The summed E-state index contributed by atoms with van der Waals surface area (Å²) in [5, 5.41) is 5.70. The van der Waals surface area contributed by atoms with Gasteiger partial charge in [0.15, 0.2) is 0 Å². The number of hydrogen-bond donors (Lipinski definition) is 2. The van der Waals surface area contributed by atoms with Crippen LogP contribution in [0.1, 0.15) is 66.2 Å². The molecule has 0 aliphatic carbocycles. The van der Waals surface area contributed by atoms with E-state index in [0.29, 0.717) is 31.3 Å². The minimum absolute atomic E-state index is 0.212. The summed E-state index contributed by atoms with van der Waals surface area (Å²) >= 11 is 0. The summed E-state index contributed by atoms with van der Waals surface area (Å²) in [4.78, 5) is 53.5. The van der Waals surface area contributed by atoms with E-state index >= 15 is 0 Å². The van der Waals surface area contributed by atoms with Crippen molar-refractivity contribution in [1.29, 1.82) is 0 Å². The van der Waals surface area contributed by atoms with Crippen molar-refractivity contribution in [1.82, 2.24) is 15.5 Å². The molecule has 8 nitrogen and oxygen atoms in total. The number of hydrogen-bond acceptors (Lipinski definition) is 5. The van der Waals surface area contributed by atoms with Crippen molar-refractivity contribution in [3.8, 4) is 0 Å². The highest BCUT2D eigenvalue weighted by atomic mass is 16.5. The highest BCUT2D eigenvalue weighted by Crippen LogP contribution is 2.25. The van der Waals surface area contributed by atoms with Crippen LogP contribution in [-0.2, 0) is 25.7 Å². The van der Waals surface area contributed by atoms with Gasteiger partial charge in [0, 0.05) is 18.5 Å². The Morgan fingerprint density at radius 2 is 1.69 bits per heavy atom. The molecule has 1 aliphatic heterocycles. The molecule has 2 aromatic carbocycles. The Bertz CT molecular complexity index is 1160. The van der Waals surface area contributed by atoms with Crippen LogP contribution in [0.3, 0.4) is 0 Å². The van der Waals surface area contributed by atoms with Crippen molar-refractivity contribution in [3.05, 3.63) is 70.3 Å². The molecule has 1 aliphatic rings. The number of aryl methyl sites for hydroxylation is 3. The molecule has 3 amide bonds. The molecule has 1 heterocycles. The lowest BCUT2D eigenvalue weighted by molar-refractivity contribution is -0.141. The van der Waals surface area contributed by atoms with Crippen LogP contribution in [0.4, 0.5) is 0 Å². The number of carbonyl (C=O) groups excluding carboxylic acids is 4. The van der Waals surface area contributed by atoms with E-state index in [2.05, 4.69) is 10.6 Å². The van der Waals surface area contributed by atoms with Gasteiger partial charge in [-0.3, -0.25) is 14.4 Å². The maximum atomic E-state index is 13.9. The largest absolute Gasteiger partial charge is 0.372 e. The number of amides is 3. The number of ether oxygens (including phenoxy) is 1. The fourth-order valence-corrected chi connectivity index (χ4v) is 5.15. The first-order valence-corrected chi connectivity index (χ1v) is 13.7. The van der Waals surface area contributed by atoms with Crippen molar-refractivity contribution < 1.29 is 23.9 Å². The summed E-state index contributed by atoms with van der Waals surface area (Å²) < 4.78 is 6.11. The van der Waals surface area contributed by atoms with Gasteiger partial charge in [0.25, 0.3) is 5.91 Å². The monoisotopic (exact) mass is 535 g/mol. The number of aldehydes is 1. The van der Waals surface area contributed by atoms with E-state index in [0.717, 1.165) is 22.3 Å². The van der Waals surface area contributed by atoms with Crippen LogP contribution < -0.4 is 10.6 Å². The van der Waals surface area contributed by atoms with E-state index in [1.54, 1.807) is 0 Å². The van der Waals surface area contributed by atoms with Gasteiger partial charge in [-0.1, -0.05) is 68.8 Å². The third-order valence-corrected chi connectivity index (χ3v) is 7.23. The second-order valence-electron chi connectivity index (χ2n) is 10.8. The van der Waals surface area contributed by atoms with Crippen molar-refractivity contribution in [2.45, 2.75) is 85.2 Å². The number of likely N-dealkylation sites (tertiary alicyclic amines) is 1. The molecule has 2 N–H and O–H groups in total. The Hall–Kier alpha value is -3.52. The van der Waals surface area contributed by atoms with E-state index < -0.39 is 24.0 Å². The third-order valence-electron chi connectivity index (χ3n) is 7.23. The second kappa shape index (κ2) is 13.5. The van der Waals surface area contributed by atoms with E-state index in [4.69, 9.17) is 4.74 Å². The van der Waals surface area contributed by atoms with Crippen molar-refractivity contribution in [2.75, 3.05) is 6.54 Å². The Morgan fingerprint density at radius 1 is 1.05 bits per heavy atom. The van der Waals surface area contributed by atoms with Crippen molar-refractivity contribution in [2.24, 2.45) is 5.92 Å². The first-order chi connectivity index (χ1) is 18.5. The molecule has 210 valence electrons. The maximum absolute atomic E-state index is 13.9. The van der Waals surface area contributed by atoms with E-state index in [9.17, 15) is 19.2 Å².